The fourth-order valence-electron chi connectivity index (χ4n) is 1.57. The second-order valence-electron chi connectivity index (χ2n) is 4.70. The molecule has 0 spiro atoms. The lowest BCUT2D eigenvalue weighted by Crippen LogP contribution is -2.19. The van der Waals surface area contributed by atoms with Gasteiger partial charge in [-0.3, -0.25) is 0 Å². The zero-order valence-electron chi connectivity index (χ0n) is 11.1. The van der Waals surface area contributed by atoms with Crippen LogP contribution in [0.4, 0.5) is 4.39 Å². The Labute approximate surface area is 113 Å². The van der Waals surface area contributed by atoms with Crippen LogP contribution in [0, 0.1) is 11.7 Å². The number of hydrogen-bond acceptors (Lipinski definition) is 3. The normalized spacial score (nSPS) is 11.2. The molecular formula is C14H22FNOS. The first-order valence-corrected chi connectivity index (χ1v) is 7.35. The van der Waals surface area contributed by atoms with E-state index in [9.17, 15) is 4.39 Å². The molecule has 18 heavy (non-hydrogen) atoms. The van der Waals surface area contributed by atoms with Gasteiger partial charge in [0.2, 0.25) is 0 Å². The van der Waals surface area contributed by atoms with Crippen molar-refractivity contribution in [2.24, 2.45) is 5.92 Å². The summed E-state index contributed by atoms with van der Waals surface area (Å²) in [4.78, 5) is 1.10. The van der Waals surface area contributed by atoms with Gasteiger partial charge in [-0.1, -0.05) is 13.8 Å². The fraction of sp³-hybridized carbons (Fsp3) is 0.571. The summed E-state index contributed by atoms with van der Waals surface area (Å²) in [5, 5.41) is 12.1. The van der Waals surface area contributed by atoms with E-state index in [1.165, 1.54) is 6.07 Å². The van der Waals surface area contributed by atoms with Crippen molar-refractivity contribution in [2.75, 3.05) is 18.9 Å². The van der Waals surface area contributed by atoms with Gasteiger partial charge in [-0.05, 0) is 42.6 Å². The lowest BCUT2D eigenvalue weighted by molar-refractivity contribution is 0.296. The van der Waals surface area contributed by atoms with Crippen molar-refractivity contribution >= 4 is 11.8 Å². The molecule has 0 fully saturated rings. The average Bonchev–Trinajstić information content (AvgIpc) is 2.31. The van der Waals surface area contributed by atoms with Crippen LogP contribution in [0.3, 0.4) is 0 Å². The second kappa shape index (κ2) is 8.51. The van der Waals surface area contributed by atoms with Gasteiger partial charge in [0.15, 0.2) is 0 Å². The van der Waals surface area contributed by atoms with Crippen LogP contribution in [0.1, 0.15) is 25.8 Å². The number of rotatable bonds is 8. The Morgan fingerprint density at radius 2 is 2.17 bits per heavy atom. The SMILES string of the molecule is CC(C)CNCc1cc(F)ccc1SCCCO. The minimum absolute atomic E-state index is 0.192. The zero-order chi connectivity index (χ0) is 13.4. The molecule has 0 aliphatic carbocycles. The van der Waals surface area contributed by atoms with Crippen LogP contribution in [-0.2, 0) is 6.54 Å². The van der Waals surface area contributed by atoms with Crippen molar-refractivity contribution in [3.63, 3.8) is 0 Å². The second-order valence-corrected chi connectivity index (χ2v) is 5.84. The number of halogens is 1. The number of aliphatic hydroxyl groups is 1. The minimum atomic E-state index is -0.192. The van der Waals surface area contributed by atoms with Gasteiger partial charge in [0, 0.05) is 23.8 Å². The molecule has 1 aromatic rings. The lowest BCUT2D eigenvalue weighted by Gasteiger charge is -2.11. The molecule has 0 atom stereocenters. The highest BCUT2D eigenvalue weighted by Gasteiger charge is 2.05. The van der Waals surface area contributed by atoms with Gasteiger partial charge in [-0.25, -0.2) is 4.39 Å². The van der Waals surface area contributed by atoms with Gasteiger partial charge in [0.05, 0.1) is 0 Å². The molecule has 0 saturated carbocycles. The van der Waals surface area contributed by atoms with Crippen LogP contribution >= 0.6 is 11.8 Å². The molecular weight excluding hydrogens is 249 g/mol. The van der Waals surface area contributed by atoms with E-state index in [0.717, 1.165) is 29.2 Å². The molecule has 2 N–H and O–H groups in total. The summed E-state index contributed by atoms with van der Waals surface area (Å²) < 4.78 is 13.2. The molecule has 0 amide bonds. The maximum Gasteiger partial charge on any atom is 0.123 e. The maximum absolute atomic E-state index is 13.2. The zero-order valence-corrected chi connectivity index (χ0v) is 11.9. The fourth-order valence-corrected chi connectivity index (χ4v) is 2.54. The molecule has 0 aliphatic heterocycles. The molecule has 0 heterocycles. The van der Waals surface area contributed by atoms with Gasteiger partial charge in [-0.15, -0.1) is 11.8 Å². The maximum atomic E-state index is 13.2. The van der Waals surface area contributed by atoms with Crippen LogP contribution in [0.25, 0.3) is 0 Å². The van der Waals surface area contributed by atoms with Crippen molar-refractivity contribution in [3.8, 4) is 0 Å². The Bertz CT molecular complexity index is 358. The van der Waals surface area contributed by atoms with Gasteiger partial charge in [0.25, 0.3) is 0 Å². The number of thioether (sulfide) groups is 1. The van der Waals surface area contributed by atoms with Crippen LogP contribution in [0.2, 0.25) is 0 Å². The quantitative estimate of drug-likeness (QED) is 0.563. The third-order valence-electron chi connectivity index (χ3n) is 2.45. The van der Waals surface area contributed by atoms with Gasteiger partial charge >= 0.3 is 0 Å². The van der Waals surface area contributed by atoms with E-state index >= 15 is 0 Å². The predicted octanol–water partition coefficient (Wildman–Crippen LogP) is 3.05. The molecule has 0 saturated heterocycles. The van der Waals surface area contributed by atoms with Crippen molar-refractivity contribution in [3.05, 3.63) is 29.6 Å². The lowest BCUT2D eigenvalue weighted by atomic mass is 10.2. The standard InChI is InChI=1S/C14H22FNOS/c1-11(2)9-16-10-12-8-13(15)4-5-14(12)18-7-3-6-17/h4-5,8,11,16-17H,3,6-7,9-10H2,1-2H3. The molecule has 4 heteroatoms. The number of nitrogens with one attached hydrogen (secondary N) is 1. The van der Waals surface area contributed by atoms with Crippen molar-refractivity contribution in [2.45, 2.75) is 31.7 Å². The highest BCUT2D eigenvalue weighted by molar-refractivity contribution is 7.99. The van der Waals surface area contributed by atoms with Gasteiger partial charge < -0.3 is 10.4 Å². The minimum Gasteiger partial charge on any atom is -0.396 e. The molecule has 1 aromatic carbocycles. The van der Waals surface area contributed by atoms with Gasteiger partial charge in [0.1, 0.15) is 5.82 Å². The first-order chi connectivity index (χ1) is 8.63. The molecule has 0 bridgehead atoms. The highest BCUT2D eigenvalue weighted by Crippen LogP contribution is 2.24. The Morgan fingerprint density at radius 3 is 2.83 bits per heavy atom. The summed E-state index contributed by atoms with van der Waals surface area (Å²) in [6.45, 7) is 6.12. The third-order valence-corrected chi connectivity index (χ3v) is 3.65. The van der Waals surface area contributed by atoms with E-state index < -0.39 is 0 Å². The smallest absolute Gasteiger partial charge is 0.123 e. The summed E-state index contributed by atoms with van der Waals surface area (Å²) in [6.07, 6.45) is 0.765. The van der Waals surface area contributed by atoms with E-state index in [4.69, 9.17) is 5.11 Å². The Kier molecular flexibility index (Phi) is 7.32. The largest absolute Gasteiger partial charge is 0.396 e. The molecule has 0 aromatic heterocycles. The van der Waals surface area contributed by atoms with E-state index in [1.54, 1.807) is 17.8 Å². The van der Waals surface area contributed by atoms with Crippen molar-refractivity contribution < 1.29 is 9.50 Å². The number of benzene rings is 1. The molecule has 1 rings (SSSR count). The average molecular weight is 271 g/mol. The van der Waals surface area contributed by atoms with E-state index in [1.807, 2.05) is 6.07 Å². The van der Waals surface area contributed by atoms with Crippen LogP contribution < -0.4 is 5.32 Å². The Hall–Kier alpha value is -0.580. The van der Waals surface area contributed by atoms with Crippen LogP contribution in [-0.4, -0.2) is 24.0 Å². The topological polar surface area (TPSA) is 32.3 Å². The third kappa shape index (κ3) is 5.85. The number of aliphatic hydroxyl groups excluding tert-OH is 1. The van der Waals surface area contributed by atoms with E-state index in [0.29, 0.717) is 12.5 Å². The summed E-state index contributed by atoms with van der Waals surface area (Å²) in [5.74, 6) is 1.26. The highest BCUT2D eigenvalue weighted by atomic mass is 32.2. The Balaban J connectivity index is 2.58. The molecule has 0 aliphatic rings. The summed E-state index contributed by atoms with van der Waals surface area (Å²) in [5.41, 5.74) is 0.999. The summed E-state index contributed by atoms with van der Waals surface area (Å²) in [7, 11) is 0. The molecule has 2 nitrogen and oxygen atoms in total. The predicted molar refractivity (Wildman–Crippen MR) is 75.4 cm³/mol. The molecule has 102 valence electrons. The summed E-state index contributed by atoms with van der Waals surface area (Å²) >= 11 is 1.67. The first kappa shape index (κ1) is 15.5. The summed E-state index contributed by atoms with van der Waals surface area (Å²) in [6, 6.07) is 4.91. The Morgan fingerprint density at radius 1 is 1.39 bits per heavy atom. The van der Waals surface area contributed by atoms with E-state index in [-0.39, 0.29) is 12.4 Å². The van der Waals surface area contributed by atoms with Gasteiger partial charge in [-0.2, -0.15) is 0 Å². The van der Waals surface area contributed by atoms with Crippen LogP contribution in [0.15, 0.2) is 23.1 Å². The molecule has 0 unspecified atom stereocenters. The number of hydrogen-bond donors (Lipinski definition) is 2. The van der Waals surface area contributed by atoms with Crippen molar-refractivity contribution in [1.82, 2.24) is 5.32 Å². The van der Waals surface area contributed by atoms with Crippen molar-refractivity contribution in [1.29, 1.82) is 0 Å². The monoisotopic (exact) mass is 271 g/mol. The van der Waals surface area contributed by atoms with E-state index in [2.05, 4.69) is 19.2 Å². The molecule has 0 radical (unpaired) electrons. The first-order valence-electron chi connectivity index (χ1n) is 6.36. The van der Waals surface area contributed by atoms with Crippen LogP contribution in [0.5, 0.6) is 0 Å².